The predicted octanol–water partition coefficient (Wildman–Crippen LogP) is 3.30. The third-order valence-electron chi connectivity index (χ3n) is 3.39. The van der Waals surface area contributed by atoms with Crippen LogP contribution in [0.25, 0.3) is 22.2 Å². The molecular weight excluding hydrogens is 333 g/mol. The van der Waals surface area contributed by atoms with Crippen LogP contribution < -0.4 is 0 Å². The molecule has 0 bridgehead atoms. The lowest BCUT2D eigenvalue weighted by Crippen LogP contribution is -2.13. The number of esters is 1. The molecule has 3 rings (SSSR count). The normalized spacial score (nSPS) is 12.2. The number of carbonyl (C=O) groups excluding carboxylic acids is 1. The SMILES string of the molecule is CCOC(=O)CS(=O)c1ccc2c(-c3ccccc3F)noc2c1. The summed E-state index contributed by atoms with van der Waals surface area (Å²) in [7, 11) is -1.55. The number of halogens is 1. The van der Waals surface area contributed by atoms with Gasteiger partial charge >= 0.3 is 5.97 Å². The summed E-state index contributed by atoms with van der Waals surface area (Å²) < 4.78 is 36.1. The molecule has 3 aromatic rings. The van der Waals surface area contributed by atoms with Gasteiger partial charge in [-0.15, -0.1) is 0 Å². The summed E-state index contributed by atoms with van der Waals surface area (Å²) in [6.45, 7) is 1.93. The Hall–Kier alpha value is -2.54. The van der Waals surface area contributed by atoms with Crippen molar-refractivity contribution < 1.29 is 22.7 Å². The highest BCUT2D eigenvalue weighted by molar-refractivity contribution is 7.85. The molecule has 1 aromatic heterocycles. The fourth-order valence-corrected chi connectivity index (χ4v) is 3.22. The molecule has 0 aliphatic rings. The van der Waals surface area contributed by atoms with Crippen LogP contribution in [0.2, 0.25) is 0 Å². The van der Waals surface area contributed by atoms with Gasteiger partial charge in [0.25, 0.3) is 0 Å². The minimum atomic E-state index is -1.55. The number of benzene rings is 2. The summed E-state index contributed by atoms with van der Waals surface area (Å²) >= 11 is 0. The Morgan fingerprint density at radius 3 is 2.83 bits per heavy atom. The Morgan fingerprint density at radius 1 is 1.29 bits per heavy atom. The topological polar surface area (TPSA) is 69.4 Å². The van der Waals surface area contributed by atoms with Crippen LogP contribution in [0.1, 0.15) is 6.92 Å². The smallest absolute Gasteiger partial charge is 0.318 e. The number of ether oxygens (including phenoxy) is 1. The van der Waals surface area contributed by atoms with E-state index in [1.54, 1.807) is 43.3 Å². The van der Waals surface area contributed by atoms with E-state index >= 15 is 0 Å². The standard InChI is InChI=1S/C17H14FNO4S/c1-2-22-16(20)10-24(21)11-7-8-13-15(9-11)23-19-17(13)12-5-3-4-6-14(12)18/h3-9H,2,10H2,1H3. The molecule has 0 aliphatic heterocycles. The highest BCUT2D eigenvalue weighted by Crippen LogP contribution is 2.30. The fourth-order valence-electron chi connectivity index (χ4n) is 2.30. The monoisotopic (exact) mass is 347 g/mol. The number of rotatable bonds is 5. The Balaban J connectivity index is 1.93. The van der Waals surface area contributed by atoms with Crippen molar-refractivity contribution in [2.24, 2.45) is 0 Å². The molecule has 7 heteroatoms. The van der Waals surface area contributed by atoms with Crippen molar-refractivity contribution in [3.05, 3.63) is 48.3 Å². The highest BCUT2D eigenvalue weighted by Gasteiger charge is 2.17. The fraction of sp³-hybridized carbons (Fsp3) is 0.176. The van der Waals surface area contributed by atoms with E-state index in [1.807, 2.05) is 0 Å². The van der Waals surface area contributed by atoms with Gasteiger partial charge in [-0.25, -0.2) is 4.39 Å². The van der Waals surface area contributed by atoms with Gasteiger partial charge in [-0.05, 0) is 31.2 Å². The number of nitrogens with zero attached hydrogens (tertiary/aromatic N) is 1. The van der Waals surface area contributed by atoms with Crippen LogP contribution in [0.4, 0.5) is 4.39 Å². The molecule has 1 atom stereocenters. The Kier molecular flexibility index (Phi) is 4.71. The van der Waals surface area contributed by atoms with Gasteiger partial charge in [0, 0.05) is 21.9 Å². The molecule has 1 unspecified atom stereocenters. The van der Waals surface area contributed by atoms with Crippen molar-refractivity contribution in [3.63, 3.8) is 0 Å². The average molecular weight is 347 g/mol. The molecule has 0 fully saturated rings. The second kappa shape index (κ2) is 6.92. The molecular formula is C17H14FNO4S. The van der Waals surface area contributed by atoms with E-state index < -0.39 is 22.6 Å². The summed E-state index contributed by atoms with van der Waals surface area (Å²) in [5.41, 5.74) is 1.09. The molecule has 124 valence electrons. The summed E-state index contributed by atoms with van der Waals surface area (Å²) in [6.07, 6.45) is 0. The highest BCUT2D eigenvalue weighted by atomic mass is 32.2. The molecule has 0 aliphatic carbocycles. The number of hydrogen-bond acceptors (Lipinski definition) is 5. The zero-order valence-corrected chi connectivity index (χ0v) is 13.6. The summed E-state index contributed by atoms with van der Waals surface area (Å²) in [6, 6.07) is 11.1. The quantitative estimate of drug-likeness (QED) is 0.662. The summed E-state index contributed by atoms with van der Waals surface area (Å²) in [5, 5.41) is 4.52. The predicted molar refractivity (Wildman–Crippen MR) is 87.3 cm³/mol. The first-order chi connectivity index (χ1) is 11.6. The summed E-state index contributed by atoms with van der Waals surface area (Å²) in [5.74, 6) is -1.16. The van der Waals surface area contributed by atoms with Crippen molar-refractivity contribution in [1.29, 1.82) is 0 Å². The van der Waals surface area contributed by atoms with Crippen molar-refractivity contribution in [1.82, 2.24) is 5.16 Å². The molecule has 5 nitrogen and oxygen atoms in total. The molecule has 0 N–H and O–H groups in total. The zero-order valence-electron chi connectivity index (χ0n) is 12.8. The van der Waals surface area contributed by atoms with Gasteiger partial charge in [-0.3, -0.25) is 9.00 Å². The van der Waals surface area contributed by atoms with Crippen LogP contribution >= 0.6 is 0 Å². The number of carbonyl (C=O) groups is 1. The van der Waals surface area contributed by atoms with Crippen molar-refractivity contribution >= 4 is 27.7 Å². The lowest BCUT2D eigenvalue weighted by Gasteiger charge is -2.03. The Bertz CT molecular complexity index is 922. The van der Waals surface area contributed by atoms with Crippen LogP contribution in [0.15, 0.2) is 51.9 Å². The zero-order chi connectivity index (χ0) is 17.1. The van der Waals surface area contributed by atoms with E-state index in [1.165, 1.54) is 6.07 Å². The number of hydrogen-bond donors (Lipinski definition) is 0. The van der Waals surface area contributed by atoms with Gasteiger partial charge in [-0.2, -0.15) is 0 Å². The maximum Gasteiger partial charge on any atom is 0.318 e. The van der Waals surface area contributed by atoms with Gasteiger partial charge in [0.05, 0.1) is 17.4 Å². The van der Waals surface area contributed by atoms with E-state index in [9.17, 15) is 13.4 Å². The first kappa shape index (κ1) is 16.3. The maximum atomic E-state index is 13.9. The molecule has 2 aromatic carbocycles. The van der Waals surface area contributed by atoms with E-state index in [0.717, 1.165) is 0 Å². The van der Waals surface area contributed by atoms with Crippen LogP contribution in [-0.4, -0.2) is 27.7 Å². The molecule has 0 saturated carbocycles. The average Bonchev–Trinajstić information content (AvgIpc) is 2.98. The van der Waals surface area contributed by atoms with Gasteiger partial charge < -0.3 is 9.26 Å². The molecule has 0 saturated heterocycles. The number of fused-ring (bicyclic) bond motifs is 1. The van der Waals surface area contributed by atoms with Gasteiger partial charge in [-0.1, -0.05) is 17.3 Å². The molecule has 0 radical (unpaired) electrons. The second-order valence-corrected chi connectivity index (χ2v) is 6.41. The van der Waals surface area contributed by atoms with E-state index in [-0.39, 0.29) is 12.4 Å². The molecule has 24 heavy (non-hydrogen) atoms. The molecule has 1 heterocycles. The van der Waals surface area contributed by atoms with Crippen molar-refractivity contribution in [2.75, 3.05) is 12.4 Å². The minimum Gasteiger partial charge on any atom is -0.465 e. The summed E-state index contributed by atoms with van der Waals surface area (Å²) in [4.78, 5) is 11.8. The van der Waals surface area contributed by atoms with Crippen LogP contribution in [0, 0.1) is 5.82 Å². The lowest BCUT2D eigenvalue weighted by atomic mass is 10.1. The van der Waals surface area contributed by atoms with E-state index in [2.05, 4.69) is 5.16 Å². The van der Waals surface area contributed by atoms with Crippen LogP contribution in [-0.2, 0) is 20.3 Å². The van der Waals surface area contributed by atoms with Crippen molar-refractivity contribution in [3.8, 4) is 11.3 Å². The third kappa shape index (κ3) is 3.21. The van der Waals surface area contributed by atoms with Gasteiger partial charge in [0.2, 0.25) is 0 Å². The molecule has 0 spiro atoms. The van der Waals surface area contributed by atoms with Crippen molar-refractivity contribution in [2.45, 2.75) is 11.8 Å². The lowest BCUT2D eigenvalue weighted by molar-refractivity contribution is -0.139. The number of aromatic nitrogens is 1. The van der Waals surface area contributed by atoms with Crippen LogP contribution in [0.3, 0.4) is 0 Å². The first-order valence-electron chi connectivity index (χ1n) is 7.28. The van der Waals surface area contributed by atoms with Crippen LogP contribution in [0.5, 0.6) is 0 Å². The maximum absolute atomic E-state index is 13.9. The third-order valence-corrected chi connectivity index (χ3v) is 4.67. The Morgan fingerprint density at radius 2 is 2.08 bits per heavy atom. The second-order valence-electron chi connectivity index (χ2n) is 4.96. The molecule has 0 amide bonds. The van der Waals surface area contributed by atoms with E-state index in [0.29, 0.717) is 27.1 Å². The van der Waals surface area contributed by atoms with Gasteiger partial charge in [0.1, 0.15) is 17.3 Å². The first-order valence-corrected chi connectivity index (χ1v) is 8.60. The minimum absolute atomic E-state index is 0.229. The largest absolute Gasteiger partial charge is 0.465 e. The Labute approximate surface area is 139 Å². The van der Waals surface area contributed by atoms with E-state index in [4.69, 9.17) is 9.26 Å². The van der Waals surface area contributed by atoms with Gasteiger partial charge in [0.15, 0.2) is 5.58 Å².